The van der Waals surface area contributed by atoms with Crippen LogP contribution < -0.4 is 10.2 Å². The normalized spacial score (nSPS) is 16.2. The average Bonchev–Trinajstić information content (AvgIpc) is 2.69. The van der Waals surface area contributed by atoms with Crippen molar-refractivity contribution in [1.29, 1.82) is 0 Å². The Hall–Kier alpha value is -2.40. The van der Waals surface area contributed by atoms with Gasteiger partial charge in [-0.05, 0) is 43.2 Å². The van der Waals surface area contributed by atoms with E-state index in [1.807, 2.05) is 43.3 Å². The van der Waals surface area contributed by atoms with E-state index in [4.69, 9.17) is 0 Å². The number of nitrogens with one attached hydrogen (secondary N) is 1. The van der Waals surface area contributed by atoms with Gasteiger partial charge < -0.3 is 10.2 Å². The molecule has 2 aromatic carbocycles. The van der Waals surface area contributed by atoms with Crippen LogP contribution in [0.2, 0.25) is 0 Å². The lowest BCUT2D eigenvalue weighted by Gasteiger charge is -2.36. The van der Waals surface area contributed by atoms with Crippen LogP contribution in [0.1, 0.15) is 36.2 Å². The second kappa shape index (κ2) is 9.00. The molecule has 1 fully saturated rings. The fraction of sp³-hybridized carbons (Fsp3) is 0.409. The van der Waals surface area contributed by atoms with Crippen molar-refractivity contribution in [2.45, 2.75) is 32.9 Å². The second-order valence-corrected chi connectivity index (χ2v) is 7.19. The molecule has 27 heavy (non-hydrogen) atoms. The molecule has 2 aromatic rings. The highest BCUT2D eigenvalue weighted by atomic mass is 19.1. The molecule has 3 rings (SSSR count). The van der Waals surface area contributed by atoms with Gasteiger partial charge in [0.25, 0.3) is 5.91 Å². The number of benzene rings is 2. The van der Waals surface area contributed by atoms with Crippen molar-refractivity contribution in [1.82, 2.24) is 10.2 Å². The molecule has 1 saturated heterocycles. The first kappa shape index (κ1) is 19.4. The Balaban J connectivity index is 1.52. The van der Waals surface area contributed by atoms with Gasteiger partial charge in [0.05, 0.1) is 5.69 Å². The van der Waals surface area contributed by atoms with Gasteiger partial charge in [0.1, 0.15) is 5.82 Å². The minimum atomic E-state index is -0.155. The predicted octanol–water partition coefficient (Wildman–Crippen LogP) is 3.68. The summed E-state index contributed by atoms with van der Waals surface area (Å²) in [5.41, 5.74) is 2.58. The number of carbonyl (C=O) groups is 1. The lowest BCUT2D eigenvalue weighted by atomic mass is 10.1. The monoisotopic (exact) mass is 369 g/mol. The number of nitrogens with zero attached hydrogens (tertiary/aromatic N) is 2. The Bertz CT molecular complexity index is 754. The molecule has 144 valence electrons. The molecule has 1 aliphatic rings. The third-order valence-corrected chi connectivity index (χ3v) is 5.18. The molecule has 1 aliphatic heterocycles. The Morgan fingerprint density at radius 2 is 1.74 bits per heavy atom. The third kappa shape index (κ3) is 5.07. The average molecular weight is 369 g/mol. The second-order valence-electron chi connectivity index (χ2n) is 7.19. The predicted molar refractivity (Wildman–Crippen MR) is 108 cm³/mol. The molecule has 0 saturated carbocycles. The Morgan fingerprint density at radius 1 is 1.07 bits per heavy atom. The zero-order chi connectivity index (χ0) is 19.2. The molecule has 0 aromatic heterocycles. The smallest absolute Gasteiger partial charge is 0.251 e. The van der Waals surface area contributed by atoms with Crippen LogP contribution in [-0.2, 0) is 6.54 Å². The van der Waals surface area contributed by atoms with E-state index < -0.39 is 0 Å². The number of anilines is 1. The van der Waals surface area contributed by atoms with E-state index in [9.17, 15) is 9.18 Å². The first-order valence-electron chi connectivity index (χ1n) is 9.68. The first-order chi connectivity index (χ1) is 13.1. The number of halogens is 1. The van der Waals surface area contributed by atoms with Crippen LogP contribution in [0.25, 0.3) is 0 Å². The van der Waals surface area contributed by atoms with Crippen LogP contribution in [-0.4, -0.2) is 43.0 Å². The third-order valence-electron chi connectivity index (χ3n) is 5.18. The summed E-state index contributed by atoms with van der Waals surface area (Å²) >= 11 is 0. The van der Waals surface area contributed by atoms with Gasteiger partial charge in [-0.3, -0.25) is 9.69 Å². The van der Waals surface area contributed by atoms with Crippen molar-refractivity contribution in [3.63, 3.8) is 0 Å². The van der Waals surface area contributed by atoms with Crippen LogP contribution in [0.5, 0.6) is 0 Å². The molecular weight excluding hydrogens is 341 g/mol. The van der Waals surface area contributed by atoms with Crippen molar-refractivity contribution in [2.75, 3.05) is 31.1 Å². The van der Waals surface area contributed by atoms with Crippen molar-refractivity contribution >= 4 is 11.6 Å². The molecule has 0 spiro atoms. The SMILES string of the molecule is CC[C@@H](C)NC(=O)c1ccc(CN2CCN(c3ccccc3F)CC2)cc1. The molecule has 0 radical (unpaired) electrons. The molecule has 1 amide bonds. The Morgan fingerprint density at radius 3 is 2.37 bits per heavy atom. The largest absolute Gasteiger partial charge is 0.367 e. The summed E-state index contributed by atoms with van der Waals surface area (Å²) in [5.74, 6) is -0.174. The summed E-state index contributed by atoms with van der Waals surface area (Å²) in [5, 5.41) is 2.99. The van der Waals surface area contributed by atoms with Crippen LogP contribution in [0.4, 0.5) is 10.1 Å². The van der Waals surface area contributed by atoms with Crippen LogP contribution in [0.3, 0.4) is 0 Å². The summed E-state index contributed by atoms with van der Waals surface area (Å²) in [7, 11) is 0. The van der Waals surface area contributed by atoms with E-state index in [0.29, 0.717) is 11.3 Å². The highest BCUT2D eigenvalue weighted by Crippen LogP contribution is 2.20. The van der Waals surface area contributed by atoms with Crippen molar-refractivity contribution in [2.24, 2.45) is 0 Å². The standard InChI is InChI=1S/C22H28FN3O/c1-3-17(2)24-22(27)19-10-8-18(9-11-19)16-25-12-14-26(15-13-25)21-7-5-4-6-20(21)23/h4-11,17H,3,12-16H2,1-2H3,(H,24,27)/t17-/m1/s1. The van der Waals surface area contributed by atoms with Gasteiger partial charge in [0.2, 0.25) is 0 Å². The van der Waals surface area contributed by atoms with Crippen molar-refractivity contribution < 1.29 is 9.18 Å². The van der Waals surface area contributed by atoms with Crippen molar-refractivity contribution in [3.05, 3.63) is 65.5 Å². The van der Waals surface area contributed by atoms with Gasteiger partial charge in [-0.1, -0.05) is 31.2 Å². The zero-order valence-electron chi connectivity index (χ0n) is 16.1. The fourth-order valence-electron chi connectivity index (χ4n) is 3.28. The van der Waals surface area contributed by atoms with Crippen LogP contribution in [0, 0.1) is 5.82 Å². The van der Waals surface area contributed by atoms with Crippen LogP contribution in [0.15, 0.2) is 48.5 Å². The number of rotatable bonds is 6. The Labute approximate surface area is 161 Å². The maximum absolute atomic E-state index is 13.9. The molecule has 5 heteroatoms. The minimum absolute atomic E-state index is 0.0191. The highest BCUT2D eigenvalue weighted by Gasteiger charge is 2.19. The van der Waals surface area contributed by atoms with Gasteiger partial charge in [0.15, 0.2) is 0 Å². The number of hydrogen-bond donors (Lipinski definition) is 1. The maximum Gasteiger partial charge on any atom is 0.251 e. The van der Waals surface area contributed by atoms with Gasteiger partial charge in [-0.2, -0.15) is 0 Å². The number of hydrogen-bond acceptors (Lipinski definition) is 3. The molecule has 1 heterocycles. The minimum Gasteiger partial charge on any atom is -0.367 e. The van der Waals surface area contributed by atoms with Gasteiger partial charge in [-0.25, -0.2) is 4.39 Å². The molecule has 1 N–H and O–H groups in total. The van der Waals surface area contributed by atoms with E-state index >= 15 is 0 Å². The molecule has 4 nitrogen and oxygen atoms in total. The lowest BCUT2D eigenvalue weighted by Crippen LogP contribution is -2.46. The highest BCUT2D eigenvalue weighted by molar-refractivity contribution is 5.94. The van der Waals surface area contributed by atoms with Crippen LogP contribution >= 0.6 is 0 Å². The van der Waals surface area contributed by atoms with Gasteiger partial charge in [-0.15, -0.1) is 0 Å². The van der Waals surface area contributed by atoms with Gasteiger partial charge in [0, 0.05) is 44.3 Å². The first-order valence-corrected chi connectivity index (χ1v) is 9.68. The summed E-state index contributed by atoms with van der Waals surface area (Å²) in [6.07, 6.45) is 0.919. The molecule has 0 bridgehead atoms. The Kier molecular flexibility index (Phi) is 6.45. The number of carbonyl (C=O) groups excluding carboxylic acids is 1. The lowest BCUT2D eigenvalue weighted by molar-refractivity contribution is 0.0939. The summed E-state index contributed by atoms with van der Waals surface area (Å²) in [6.45, 7) is 8.33. The van der Waals surface area contributed by atoms with Gasteiger partial charge >= 0.3 is 0 Å². The quantitative estimate of drug-likeness (QED) is 0.844. The summed E-state index contributed by atoms with van der Waals surface area (Å²) < 4.78 is 13.9. The van der Waals surface area contributed by atoms with E-state index in [2.05, 4.69) is 22.0 Å². The van der Waals surface area contributed by atoms with Crippen molar-refractivity contribution in [3.8, 4) is 0 Å². The fourth-order valence-corrected chi connectivity index (χ4v) is 3.28. The molecular formula is C22H28FN3O. The van der Waals surface area contributed by atoms with E-state index in [1.54, 1.807) is 6.07 Å². The maximum atomic E-state index is 13.9. The van der Waals surface area contributed by atoms with E-state index in [0.717, 1.165) is 39.1 Å². The summed E-state index contributed by atoms with van der Waals surface area (Å²) in [6, 6.07) is 15.0. The number of piperazine rings is 1. The topological polar surface area (TPSA) is 35.6 Å². The zero-order valence-corrected chi connectivity index (χ0v) is 16.1. The molecule has 1 atom stereocenters. The molecule has 0 aliphatic carbocycles. The summed E-state index contributed by atoms with van der Waals surface area (Å²) in [4.78, 5) is 16.6. The number of para-hydroxylation sites is 1. The van der Waals surface area contributed by atoms with E-state index in [1.165, 1.54) is 11.6 Å². The molecule has 0 unspecified atom stereocenters. The van der Waals surface area contributed by atoms with E-state index in [-0.39, 0.29) is 17.8 Å². The number of amides is 1.